The molecule has 0 bridgehead atoms. The zero-order chi connectivity index (χ0) is 13.0. The minimum atomic E-state index is -0.195. The van der Waals surface area contributed by atoms with Crippen molar-refractivity contribution in [3.8, 4) is 0 Å². The maximum Gasteiger partial charge on any atom is 0.261 e. The number of hydrogen-bond donors (Lipinski definition) is 0. The molecule has 4 heteroatoms. The highest BCUT2D eigenvalue weighted by molar-refractivity contribution is 6.21. The molecule has 1 aliphatic rings. The normalized spacial score (nSPS) is 14.2. The predicted octanol–water partition coefficient (Wildman–Crippen LogP) is 2.27. The fourth-order valence-corrected chi connectivity index (χ4v) is 2.17. The van der Waals surface area contributed by atoms with Gasteiger partial charge in [0.05, 0.1) is 17.7 Å². The van der Waals surface area contributed by atoms with E-state index >= 15 is 0 Å². The van der Waals surface area contributed by atoms with Crippen molar-refractivity contribution in [3.05, 3.63) is 35.4 Å². The number of benzene rings is 1. The molecule has 4 nitrogen and oxygen atoms in total. The molecule has 0 unspecified atom stereocenters. The van der Waals surface area contributed by atoms with Crippen LogP contribution in [-0.2, 0) is 5.11 Å². The smallest absolute Gasteiger partial charge is 0.261 e. The molecule has 95 valence electrons. The second-order valence-electron chi connectivity index (χ2n) is 4.43. The molecule has 1 aliphatic heterocycles. The van der Waals surface area contributed by atoms with Crippen molar-refractivity contribution in [2.75, 3.05) is 13.2 Å². The van der Waals surface area contributed by atoms with Crippen LogP contribution < -0.4 is 0 Å². The van der Waals surface area contributed by atoms with E-state index < -0.39 is 0 Å². The number of amides is 2. The van der Waals surface area contributed by atoms with Gasteiger partial charge in [-0.2, -0.15) is 0 Å². The van der Waals surface area contributed by atoms with Crippen molar-refractivity contribution in [1.29, 1.82) is 0 Å². The monoisotopic (exact) mass is 246 g/mol. The molecule has 0 aliphatic carbocycles. The third kappa shape index (κ3) is 2.43. The van der Waals surface area contributed by atoms with E-state index in [-0.39, 0.29) is 18.4 Å². The standard InChI is InChI=1S/C14H16NO3/c16-10-6-2-1-5-9-15-13(17)11-7-3-4-8-12(11)14(15)18/h3-4,7-8H,1-2,5-6,9-10H2. The van der Waals surface area contributed by atoms with E-state index in [1.54, 1.807) is 24.3 Å². The highest BCUT2D eigenvalue weighted by atomic mass is 16.3. The minimum absolute atomic E-state index is 0.0486. The summed E-state index contributed by atoms with van der Waals surface area (Å²) >= 11 is 0. The molecule has 2 rings (SSSR count). The van der Waals surface area contributed by atoms with Crippen LogP contribution in [0, 0.1) is 0 Å². The number of unbranched alkanes of at least 4 members (excludes halogenated alkanes) is 3. The molecular formula is C14H16NO3. The van der Waals surface area contributed by atoms with Crippen LogP contribution in [0.2, 0.25) is 0 Å². The molecule has 0 saturated heterocycles. The van der Waals surface area contributed by atoms with E-state index in [1.807, 2.05) is 0 Å². The fourth-order valence-electron chi connectivity index (χ4n) is 2.17. The van der Waals surface area contributed by atoms with Crippen molar-refractivity contribution in [2.24, 2.45) is 0 Å². The van der Waals surface area contributed by atoms with Crippen molar-refractivity contribution in [2.45, 2.75) is 25.7 Å². The molecule has 1 aromatic rings. The van der Waals surface area contributed by atoms with Crippen LogP contribution in [0.15, 0.2) is 24.3 Å². The summed E-state index contributed by atoms with van der Waals surface area (Å²) in [5, 5.41) is 10.3. The Bertz CT molecular complexity index is 421. The lowest BCUT2D eigenvalue weighted by Gasteiger charge is -2.13. The zero-order valence-corrected chi connectivity index (χ0v) is 10.2. The van der Waals surface area contributed by atoms with Crippen molar-refractivity contribution in [3.63, 3.8) is 0 Å². The Morgan fingerprint density at radius 3 is 1.94 bits per heavy atom. The summed E-state index contributed by atoms with van der Waals surface area (Å²) in [5.74, 6) is -0.390. The van der Waals surface area contributed by atoms with Gasteiger partial charge in [-0.1, -0.05) is 25.0 Å². The summed E-state index contributed by atoms with van der Waals surface area (Å²) in [4.78, 5) is 25.3. The van der Waals surface area contributed by atoms with Gasteiger partial charge in [0, 0.05) is 6.54 Å². The van der Waals surface area contributed by atoms with E-state index in [1.165, 1.54) is 4.90 Å². The first kappa shape index (κ1) is 12.8. The number of nitrogens with zero attached hydrogens (tertiary/aromatic N) is 1. The van der Waals surface area contributed by atoms with Gasteiger partial charge in [-0.15, -0.1) is 0 Å². The van der Waals surface area contributed by atoms with Gasteiger partial charge in [0.2, 0.25) is 0 Å². The molecule has 1 aromatic carbocycles. The number of carbonyl (C=O) groups is 2. The fraction of sp³-hybridized carbons (Fsp3) is 0.429. The number of carbonyl (C=O) groups excluding carboxylic acids is 2. The lowest BCUT2D eigenvalue weighted by Crippen LogP contribution is -2.30. The third-order valence-electron chi connectivity index (χ3n) is 3.15. The Labute approximate surface area is 106 Å². The van der Waals surface area contributed by atoms with Gasteiger partial charge >= 0.3 is 0 Å². The lowest BCUT2D eigenvalue weighted by atomic mass is 10.1. The average Bonchev–Trinajstić information content (AvgIpc) is 2.64. The largest absolute Gasteiger partial charge is 0.274 e. The van der Waals surface area contributed by atoms with Gasteiger partial charge < -0.3 is 0 Å². The molecule has 0 aromatic heterocycles. The number of rotatable bonds is 6. The SMILES string of the molecule is [O]CCCCCCN1C(=O)c2ccccc2C1=O. The van der Waals surface area contributed by atoms with Gasteiger partial charge in [0.15, 0.2) is 0 Å². The molecule has 1 heterocycles. The summed E-state index contributed by atoms with van der Waals surface area (Å²) in [6.45, 7) is 0.401. The maximum absolute atomic E-state index is 12.0. The van der Waals surface area contributed by atoms with Crippen molar-refractivity contribution < 1.29 is 14.7 Å². The van der Waals surface area contributed by atoms with E-state index in [9.17, 15) is 14.7 Å². The first-order chi connectivity index (χ1) is 8.75. The first-order valence-electron chi connectivity index (χ1n) is 6.29. The molecule has 0 atom stereocenters. The Morgan fingerprint density at radius 2 is 1.39 bits per heavy atom. The van der Waals surface area contributed by atoms with Crippen LogP contribution in [0.4, 0.5) is 0 Å². The van der Waals surface area contributed by atoms with Crippen LogP contribution >= 0.6 is 0 Å². The summed E-state index contributed by atoms with van der Waals surface area (Å²) < 4.78 is 0. The van der Waals surface area contributed by atoms with Gasteiger partial charge in [0.1, 0.15) is 0 Å². The Kier molecular flexibility index (Phi) is 4.10. The number of hydrogen-bond acceptors (Lipinski definition) is 2. The van der Waals surface area contributed by atoms with Gasteiger partial charge in [0.25, 0.3) is 11.8 Å². The third-order valence-corrected chi connectivity index (χ3v) is 3.15. The maximum atomic E-state index is 12.0. The zero-order valence-electron chi connectivity index (χ0n) is 10.2. The molecular weight excluding hydrogens is 230 g/mol. The molecule has 1 radical (unpaired) electrons. The highest BCUT2D eigenvalue weighted by Gasteiger charge is 2.34. The first-order valence-corrected chi connectivity index (χ1v) is 6.29. The Hall–Kier alpha value is -1.68. The van der Waals surface area contributed by atoms with E-state index in [0.717, 1.165) is 19.3 Å². The molecule has 2 amide bonds. The topological polar surface area (TPSA) is 57.3 Å². The van der Waals surface area contributed by atoms with Gasteiger partial charge in [-0.3, -0.25) is 14.5 Å². The van der Waals surface area contributed by atoms with Gasteiger partial charge in [-0.25, -0.2) is 5.11 Å². The van der Waals surface area contributed by atoms with E-state index in [0.29, 0.717) is 24.1 Å². The molecule has 0 saturated carbocycles. The van der Waals surface area contributed by atoms with Gasteiger partial charge in [-0.05, 0) is 25.0 Å². The quantitative estimate of drug-likeness (QED) is 0.571. The van der Waals surface area contributed by atoms with Crippen LogP contribution in [0.3, 0.4) is 0 Å². The van der Waals surface area contributed by atoms with Crippen molar-refractivity contribution >= 4 is 11.8 Å². The van der Waals surface area contributed by atoms with E-state index in [4.69, 9.17) is 0 Å². The Balaban J connectivity index is 1.93. The molecule has 18 heavy (non-hydrogen) atoms. The lowest BCUT2D eigenvalue weighted by molar-refractivity contribution is 0.0651. The molecule has 0 spiro atoms. The van der Waals surface area contributed by atoms with Crippen LogP contribution in [0.5, 0.6) is 0 Å². The van der Waals surface area contributed by atoms with Crippen LogP contribution in [0.25, 0.3) is 0 Å². The number of imide groups is 1. The Morgan fingerprint density at radius 1 is 0.833 bits per heavy atom. The van der Waals surface area contributed by atoms with Crippen LogP contribution in [0.1, 0.15) is 46.4 Å². The van der Waals surface area contributed by atoms with Crippen LogP contribution in [-0.4, -0.2) is 29.9 Å². The second kappa shape index (κ2) is 5.78. The summed E-state index contributed by atoms with van der Waals surface area (Å²) in [5.41, 5.74) is 1.00. The second-order valence-corrected chi connectivity index (χ2v) is 4.43. The predicted molar refractivity (Wildman–Crippen MR) is 65.8 cm³/mol. The molecule has 0 N–H and O–H groups in total. The summed E-state index contributed by atoms with van der Waals surface area (Å²) in [7, 11) is 0. The van der Waals surface area contributed by atoms with E-state index in [2.05, 4.69) is 0 Å². The number of fused-ring (bicyclic) bond motifs is 1. The minimum Gasteiger partial charge on any atom is -0.274 e. The summed E-state index contributed by atoms with van der Waals surface area (Å²) in [6, 6.07) is 6.91. The van der Waals surface area contributed by atoms with Crippen molar-refractivity contribution in [1.82, 2.24) is 4.90 Å². The highest BCUT2D eigenvalue weighted by Crippen LogP contribution is 2.22. The molecule has 0 fully saturated rings. The average molecular weight is 246 g/mol. The summed E-state index contributed by atoms with van der Waals surface area (Å²) in [6.07, 6.45) is 3.19.